The molecule has 0 atom stereocenters. The molecule has 18 heavy (non-hydrogen) atoms. The third kappa shape index (κ3) is 1.48. The summed E-state index contributed by atoms with van der Waals surface area (Å²) in [7, 11) is 4.53. The molecule has 0 aromatic carbocycles. The second-order valence-corrected chi connectivity index (χ2v) is 3.76. The number of rotatable bonds is 3. The molecule has 0 spiro atoms. The van der Waals surface area contributed by atoms with Gasteiger partial charge in [-0.15, -0.1) is 0 Å². The van der Waals surface area contributed by atoms with Crippen molar-refractivity contribution in [2.75, 3.05) is 5.43 Å². The van der Waals surface area contributed by atoms with Gasteiger partial charge in [0.25, 0.3) is 5.56 Å². The molecule has 0 bridgehead atoms. The highest BCUT2D eigenvalue weighted by Crippen LogP contribution is 2.11. The fourth-order valence-electron chi connectivity index (χ4n) is 1.72. The van der Waals surface area contributed by atoms with Crippen LogP contribution in [0.15, 0.2) is 9.59 Å². The van der Waals surface area contributed by atoms with Gasteiger partial charge in [0.05, 0.1) is 0 Å². The van der Waals surface area contributed by atoms with Crippen molar-refractivity contribution < 1.29 is 4.79 Å². The first-order valence-electron chi connectivity index (χ1n) is 5.06. The number of aryl methyl sites for hydroxylation is 2. The van der Waals surface area contributed by atoms with Crippen molar-refractivity contribution in [3.63, 3.8) is 0 Å². The highest BCUT2D eigenvalue weighted by atomic mass is 16.2. The van der Waals surface area contributed by atoms with E-state index in [2.05, 4.69) is 15.8 Å². The molecule has 9 heteroatoms. The van der Waals surface area contributed by atoms with Gasteiger partial charge >= 0.3 is 5.69 Å². The minimum Gasteiger partial charge on any atom is -0.306 e. The van der Waals surface area contributed by atoms with Crippen molar-refractivity contribution in [2.24, 2.45) is 21.1 Å². The minimum absolute atomic E-state index is 0.251. The summed E-state index contributed by atoms with van der Waals surface area (Å²) < 4.78 is 3.73. The first kappa shape index (κ1) is 11.9. The van der Waals surface area contributed by atoms with Gasteiger partial charge in [-0.05, 0) is 0 Å². The number of nitrogens with zero attached hydrogens (tertiary/aromatic N) is 4. The number of nitrogens with one attached hydrogen (secondary N) is 2. The van der Waals surface area contributed by atoms with E-state index in [0.29, 0.717) is 6.41 Å². The largest absolute Gasteiger partial charge is 0.332 e. The van der Waals surface area contributed by atoms with Crippen LogP contribution < -0.4 is 22.1 Å². The van der Waals surface area contributed by atoms with Crippen LogP contribution in [0.2, 0.25) is 0 Å². The molecule has 2 heterocycles. The Kier molecular flexibility index (Phi) is 2.66. The van der Waals surface area contributed by atoms with Crippen LogP contribution in [0.3, 0.4) is 0 Å². The average molecular weight is 252 g/mol. The van der Waals surface area contributed by atoms with Gasteiger partial charge in [0.1, 0.15) is 0 Å². The average Bonchev–Trinajstić information content (AvgIpc) is 2.69. The van der Waals surface area contributed by atoms with Crippen LogP contribution in [-0.2, 0) is 25.9 Å². The van der Waals surface area contributed by atoms with Gasteiger partial charge in [-0.25, -0.2) is 4.79 Å². The zero-order valence-electron chi connectivity index (χ0n) is 10.1. The van der Waals surface area contributed by atoms with Gasteiger partial charge in [-0.1, -0.05) is 0 Å². The zero-order chi connectivity index (χ0) is 13.4. The molecule has 96 valence electrons. The van der Waals surface area contributed by atoms with Crippen molar-refractivity contribution >= 4 is 23.5 Å². The van der Waals surface area contributed by atoms with Gasteiger partial charge in [-0.3, -0.25) is 29.6 Å². The van der Waals surface area contributed by atoms with Gasteiger partial charge in [-0.2, -0.15) is 4.98 Å². The molecule has 0 radical (unpaired) electrons. The van der Waals surface area contributed by atoms with E-state index >= 15 is 0 Å². The van der Waals surface area contributed by atoms with E-state index < -0.39 is 11.2 Å². The topological polar surface area (TPSA) is 103 Å². The predicted octanol–water partition coefficient (Wildman–Crippen LogP) is -1.96. The van der Waals surface area contributed by atoms with E-state index in [1.807, 2.05) is 0 Å². The molecule has 2 aromatic rings. The lowest BCUT2D eigenvalue weighted by Crippen LogP contribution is -2.37. The number of hydrogen-bond acceptors (Lipinski definition) is 5. The zero-order valence-corrected chi connectivity index (χ0v) is 10.1. The summed E-state index contributed by atoms with van der Waals surface area (Å²) in [5.41, 5.74) is 4.36. The Morgan fingerprint density at radius 2 is 1.78 bits per heavy atom. The Morgan fingerprint density at radius 1 is 1.11 bits per heavy atom. The van der Waals surface area contributed by atoms with Crippen molar-refractivity contribution in [1.82, 2.24) is 24.1 Å². The summed E-state index contributed by atoms with van der Waals surface area (Å²) in [6, 6.07) is 0. The lowest BCUT2D eigenvalue weighted by atomic mass is 10.5. The van der Waals surface area contributed by atoms with E-state index in [4.69, 9.17) is 0 Å². The molecule has 2 aromatic heterocycles. The Balaban J connectivity index is 2.84. The molecule has 0 unspecified atom stereocenters. The van der Waals surface area contributed by atoms with Gasteiger partial charge < -0.3 is 4.57 Å². The van der Waals surface area contributed by atoms with E-state index in [1.165, 1.54) is 23.2 Å². The van der Waals surface area contributed by atoms with Crippen LogP contribution in [0, 0.1) is 0 Å². The Bertz CT molecular complexity index is 737. The lowest BCUT2D eigenvalue weighted by Gasteiger charge is -2.04. The quantitative estimate of drug-likeness (QED) is 0.488. The fraction of sp³-hybridized carbons (Fsp3) is 0.333. The number of imidazole rings is 1. The number of aromatic nitrogens is 4. The molecule has 0 aliphatic carbocycles. The van der Waals surface area contributed by atoms with Crippen molar-refractivity contribution in [3.05, 3.63) is 20.8 Å². The Hall–Kier alpha value is -2.58. The summed E-state index contributed by atoms with van der Waals surface area (Å²) in [4.78, 5) is 38.0. The summed E-state index contributed by atoms with van der Waals surface area (Å²) in [6.45, 7) is 0. The Morgan fingerprint density at radius 3 is 2.39 bits per heavy atom. The smallest absolute Gasteiger partial charge is 0.306 e. The van der Waals surface area contributed by atoms with Gasteiger partial charge in [0.2, 0.25) is 12.4 Å². The van der Waals surface area contributed by atoms with Crippen LogP contribution in [0.1, 0.15) is 0 Å². The molecule has 0 aliphatic heterocycles. The van der Waals surface area contributed by atoms with Crippen LogP contribution in [0.4, 0.5) is 5.95 Å². The molecule has 0 saturated heterocycles. The molecular weight excluding hydrogens is 240 g/mol. The maximum absolute atomic E-state index is 12.0. The SMILES string of the molecule is Cn1c(=O)c2c(nc(NNC=O)n2C)n(C)c1=O. The van der Waals surface area contributed by atoms with E-state index in [0.717, 1.165) is 4.57 Å². The maximum Gasteiger partial charge on any atom is 0.332 e. The third-order valence-electron chi connectivity index (χ3n) is 2.72. The normalized spacial score (nSPS) is 10.6. The van der Waals surface area contributed by atoms with Crippen molar-refractivity contribution in [1.29, 1.82) is 0 Å². The number of hydrogen-bond donors (Lipinski definition) is 2. The number of fused-ring (bicyclic) bond motifs is 1. The molecule has 9 nitrogen and oxygen atoms in total. The molecule has 0 saturated carbocycles. The standard InChI is InChI=1S/C9H12N6O3/c1-13-5-6(11-8(13)12-10-4-16)14(2)9(18)15(3)7(5)17/h4H,1-3H3,(H,10,16)(H,11,12). The second kappa shape index (κ2) is 4.02. The molecule has 2 rings (SSSR count). The highest BCUT2D eigenvalue weighted by molar-refractivity contribution is 5.74. The number of amides is 1. The van der Waals surface area contributed by atoms with Gasteiger partial charge in [0, 0.05) is 21.1 Å². The summed E-state index contributed by atoms with van der Waals surface area (Å²) in [5.74, 6) is 0.260. The summed E-state index contributed by atoms with van der Waals surface area (Å²) in [5, 5.41) is 0. The molecule has 2 N–H and O–H groups in total. The highest BCUT2D eigenvalue weighted by Gasteiger charge is 2.16. The third-order valence-corrected chi connectivity index (χ3v) is 2.72. The molecule has 0 fully saturated rings. The summed E-state index contributed by atoms with van der Waals surface area (Å²) >= 11 is 0. The van der Waals surface area contributed by atoms with Crippen LogP contribution in [-0.4, -0.2) is 25.1 Å². The van der Waals surface area contributed by atoms with Crippen molar-refractivity contribution in [2.45, 2.75) is 0 Å². The fourth-order valence-corrected chi connectivity index (χ4v) is 1.72. The van der Waals surface area contributed by atoms with Crippen LogP contribution in [0.5, 0.6) is 0 Å². The lowest BCUT2D eigenvalue weighted by molar-refractivity contribution is -0.109. The van der Waals surface area contributed by atoms with Crippen LogP contribution in [0.25, 0.3) is 11.2 Å². The molecule has 0 aliphatic rings. The second-order valence-electron chi connectivity index (χ2n) is 3.76. The van der Waals surface area contributed by atoms with Gasteiger partial charge in [0.15, 0.2) is 11.2 Å². The number of carbonyl (C=O) groups excluding carboxylic acids is 1. The summed E-state index contributed by atoms with van der Waals surface area (Å²) in [6.07, 6.45) is 0.441. The number of anilines is 1. The van der Waals surface area contributed by atoms with Crippen molar-refractivity contribution in [3.8, 4) is 0 Å². The monoisotopic (exact) mass is 252 g/mol. The number of carbonyl (C=O) groups is 1. The van der Waals surface area contributed by atoms with Crippen LogP contribution >= 0.6 is 0 Å². The molecule has 1 amide bonds. The maximum atomic E-state index is 12.0. The Labute approximate surface area is 101 Å². The number of hydrazine groups is 1. The predicted molar refractivity (Wildman–Crippen MR) is 64.0 cm³/mol. The first-order chi connectivity index (χ1) is 8.49. The van der Waals surface area contributed by atoms with E-state index in [9.17, 15) is 14.4 Å². The van der Waals surface area contributed by atoms with E-state index in [-0.39, 0.29) is 17.1 Å². The molecular formula is C9H12N6O3. The minimum atomic E-state index is -0.458. The first-order valence-corrected chi connectivity index (χ1v) is 5.06. The van der Waals surface area contributed by atoms with E-state index in [1.54, 1.807) is 7.05 Å².